The molecule has 1 fully saturated rings. The Labute approximate surface area is 154 Å². The molecule has 1 aliphatic rings. The van der Waals surface area contributed by atoms with Gasteiger partial charge in [0.15, 0.2) is 0 Å². The Hall–Kier alpha value is -0.360. The van der Waals surface area contributed by atoms with Gasteiger partial charge in [-0.2, -0.15) is 0 Å². The van der Waals surface area contributed by atoms with Crippen molar-refractivity contribution >= 4 is 11.9 Å². The van der Waals surface area contributed by atoms with E-state index in [9.17, 15) is 14.7 Å². The fraction of sp³-hybridized carbons (Fsp3) is 0.750. The molecule has 0 bridgehead atoms. The quantitative estimate of drug-likeness (QED) is 0.342. The van der Waals surface area contributed by atoms with Gasteiger partial charge in [0.05, 0.1) is 12.6 Å². The van der Waals surface area contributed by atoms with Crippen LogP contribution in [0, 0.1) is 5.41 Å². The van der Waals surface area contributed by atoms with E-state index in [1.165, 1.54) is 7.11 Å². The van der Waals surface area contributed by atoms with Crippen LogP contribution in [0.5, 0.6) is 0 Å². The minimum atomic E-state index is -1.11. The molecule has 0 aliphatic heterocycles. The normalized spacial score (nSPS) is 17.7. The molecule has 120 valence electrons. The van der Waals surface area contributed by atoms with Gasteiger partial charge < -0.3 is 19.4 Å². The monoisotopic (exact) mass is 320 g/mol. The molecule has 0 amide bonds. The Morgan fingerprint density at radius 3 is 2.18 bits per heavy atom. The summed E-state index contributed by atoms with van der Waals surface area (Å²) in [5, 5.41) is 11.5. The molecule has 0 aromatic rings. The van der Waals surface area contributed by atoms with Gasteiger partial charge in [0.1, 0.15) is 5.60 Å². The van der Waals surface area contributed by atoms with Crippen molar-refractivity contribution in [1.29, 1.82) is 0 Å². The Morgan fingerprint density at radius 2 is 1.77 bits per heavy atom. The third kappa shape index (κ3) is 6.41. The Balaban J connectivity index is 0.00000441. The summed E-state index contributed by atoms with van der Waals surface area (Å²) in [5.74, 6) is -1.59. The molecule has 0 unspecified atom stereocenters. The van der Waals surface area contributed by atoms with Crippen molar-refractivity contribution < 1.29 is 53.7 Å². The van der Waals surface area contributed by atoms with Crippen LogP contribution in [0.4, 0.5) is 0 Å². The standard InChI is InChI=1S/C16H26O5.Na/c1-15(2,3)21-13(17)12(7-10-20-4)11-16(14(18)19)8-5-6-9-16;/h11H,5-10H2,1-4H3,(H,18,19);/q;+1/p-1/b12-11+;. The molecule has 1 rings (SSSR count). The molecule has 0 aromatic carbocycles. The Bertz CT molecular complexity index is 417. The number of ether oxygens (including phenoxy) is 2. The molecular weight excluding hydrogens is 295 g/mol. The number of methoxy groups -OCH3 is 1. The predicted molar refractivity (Wildman–Crippen MR) is 76.3 cm³/mol. The van der Waals surface area contributed by atoms with Gasteiger partial charge in [0.25, 0.3) is 0 Å². The summed E-state index contributed by atoms with van der Waals surface area (Å²) in [6.45, 7) is 5.68. The average Bonchev–Trinajstić information content (AvgIpc) is 2.82. The SMILES string of the molecule is COCC/C(=C\C1(C(=O)[O-])CCCC1)C(=O)OC(C)(C)C.[Na+]. The average molecular weight is 320 g/mol. The summed E-state index contributed by atoms with van der Waals surface area (Å²) in [6, 6.07) is 0. The van der Waals surface area contributed by atoms with Crippen LogP contribution < -0.4 is 34.7 Å². The van der Waals surface area contributed by atoms with Crippen molar-refractivity contribution in [3.05, 3.63) is 11.6 Å². The van der Waals surface area contributed by atoms with E-state index < -0.39 is 23.0 Å². The number of rotatable bonds is 6. The fourth-order valence-corrected chi connectivity index (χ4v) is 2.54. The maximum atomic E-state index is 12.3. The van der Waals surface area contributed by atoms with Gasteiger partial charge in [-0.3, -0.25) is 0 Å². The van der Waals surface area contributed by atoms with E-state index in [1.54, 1.807) is 26.8 Å². The number of aliphatic carboxylic acids is 1. The molecule has 0 N–H and O–H groups in total. The number of hydrogen-bond donors (Lipinski definition) is 0. The third-order valence-electron chi connectivity index (χ3n) is 3.59. The van der Waals surface area contributed by atoms with E-state index in [2.05, 4.69) is 0 Å². The van der Waals surface area contributed by atoms with Gasteiger partial charge in [0.2, 0.25) is 0 Å². The third-order valence-corrected chi connectivity index (χ3v) is 3.59. The molecule has 0 radical (unpaired) electrons. The smallest absolute Gasteiger partial charge is 0.549 e. The van der Waals surface area contributed by atoms with E-state index in [4.69, 9.17) is 9.47 Å². The van der Waals surface area contributed by atoms with Crippen molar-refractivity contribution in [2.24, 2.45) is 5.41 Å². The van der Waals surface area contributed by atoms with Crippen molar-refractivity contribution in [1.82, 2.24) is 0 Å². The summed E-state index contributed by atoms with van der Waals surface area (Å²) in [6.07, 6.45) is 4.55. The first kappa shape index (κ1) is 21.6. The zero-order valence-electron chi connectivity index (χ0n) is 14.4. The molecule has 0 heterocycles. The Kier molecular flexibility index (Phi) is 8.91. The number of carboxylic acid groups (broad SMARTS) is 1. The number of carboxylic acids is 1. The molecule has 0 atom stereocenters. The molecule has 0 aromatic heterocycles. The zero-order chi connectivity index (χ0) is 16.1. The van der Waals surface area contributed by atoms with Crippen LogP contribution in [0.25, 0.3) is 0 Å². The largest absolute Gasteiger partial charge is 1.00 e. The molecule has 1 aliphatic carbocycles. The van der Waals surface area contributed by atoms with Crippen LogP contribution in [0.3, 0.4) is 0 Å². The predicted octanol–water partition coefficient (Wildman–Crippen LogP) is -1.39. The van der Waals surface area contributed by atoms with E-state index in [0.717, 1.165) is 12.8 Å². The second-order valence-electron chi connectivity index (χ2n) is 6.56. The maximum Gasteiger partial charge on any atom is 1.00 e. The molecule has 0 saturated heterocycles. The Morgan fingerprint density at radius 1 is 1.23 bits per heavy atom. The number of hydrogen-bond acceptors (Lipinski definition) is 5. The molecule has 6 heteroatoms. The van der Waals surface area contributed by atoms with E-state index in [1.807, 2.05) is 0 Å². The van der Waals surface area contributed by atoms with Crippen LogP contribution in [0.2, 0.25) is 0 Å². The molecular formula is C16H25NaO5. The first-order valence-electron chi connectivity index (χ1n) is 7.36. The molecule has 5 nitrogen and oxygen atoms in total. The van der Waals surface area contributed by atoms with Gasteiger partial charge in [0, 0.05) is 24.5 Å². The molecule has 0 spiro atoms. The van der Waals surface area contributed by atoms with E-state index >= 15 is 0 Å². The van der Waals surface area contributed by atoms with Gasteiger partial charge in [-0.15, -0.1) is 0 Å². The van der Waals surface area contributed by atoms with Crippen molar-refractivity contribution in [3.8, 4) is 0 Å². The first-order valence-corrected chi connectivity index (χ1v) is 7.36. The second kappa shape index (κ2) is 9.06. The topological polar surface area (TPSA) is 75.7 Å². The van der Waals surface area contributed by atoms with Crippen molar-refractivity contribution in [2.45, 2.75) is 58.5 Å². The van der Waals surface area contributed by atoms with Gasteiger partial charge in [-0.25, -0.2) is 4.79 Å². The van der Waals surface area contributed by atoms with Gasteiger partial charge in [-0.1, -0.05) is 18.9 Å². The number of carbonyl (C=O) groups excluding carboxylic acids is 2. The van der Waals surface area contributed by atoms with Crippen LogP contribution >= 0.6 is 0 Å². The van der Waals surface area contributed by atoms with Crippen LogP contribution in [-0.2, 0) is 19.1 Å². The second-order valence-corrected chi connectivity index (χ2v) is 6.56. The summed E-state index contributed by atoms with van der Waals surface area (Å²) in [7, 11) is 1.54. The van der Waals surface area contributed by atoms with Crippen LogP contribution in [-0.4, -0.2) is 31.3 Å². The summed E-state index contributed by atoms with van der Waals surface area (Å²) in [5.41, 5.74) is -1.30. The van der Waals surface area contributed by atoms with Crippen LogP contribution in [0.15, 0.2) is 11.6 Å². The van der Waals surface area contributed by atoms with Gasteiger partial charge >= 0.3 is 35.5 Å². The maximum absolute atomic E-state index is 12.3. The van der Waals surface area contributed by atoms with E-state index in [0.29, 0.717) is 31.4 Å². The summed E-state index contributed by atoms with van der Waals surface area (Å²) in [4.78, 5) is 23.8. The summed E-state index contributed by atoms with van der Waals surface area (Å²) >= 11 is 0. The van der Waals surface area contributed by atoms with Crippen LogP contribution in [0.1, 0.15) is 52.9 Å². The zero-order valence-corrected chi connectivity index (χ0v) is 16.4. The van der Waals surface area contributed by atoms with E-state index in [-0.39, 0.29) is 29.6 Å². The summed E-state index contributed by atoms with van der Waals surface area (Å²) < 4.78 is 10.4. The number of carbonyl (C=O) groups is 2. The molecule has 22 heavy (non-hydrogen) atoms. The minimum absolute atomic E-state index is 0. The first-order chi connectivity index (χ1) is 9.70. The fourth-order valence-electron chi connectivity index (χ4n) is 2.54. The van der Waals surface area contributed by atoms with Gasteiger partial charge in [-0.05, 0) is 33.6 Å². The number of esters is 1. The minimum Gasteiger partial charge on any atom is -0.549 e. The van der Waals surface area contributed by atoms with Crippen molar-refractivity contribution in [3.63, 3.8) is 0 Å². The van der Waals surface area contributed by atoms with Crippen molar-refractivity contribution in [2.75, 3.05) is 13.7 Å². The molecule has 1 saturated carbocycles.